The lowest BCUT2D eigenvalue weighted by Crippen LogP contribution is -2.50. The summed E-state index contributed by atoms with van der Waals surface area (Å²) in [4.78, 5) is 4.17. The lowest BCUT2D eigenvalue weighted by Gasteiger charge is -2.36. The van der Waals surface area contributed by atoms with Gasteiger partial charge in [-0.1, -0.05) is 32.9 Å². The molecule has 0 aliphatic carbocycles. The largest absolute Gasteiger partial charge is 0.468 e. The van der Waals surface area contributed by atoms with E-state index in [0.29, 0.717) is 11.8 Å². The maximum absolute atomic E-state index is 6.31. The van der Waals surface area contributed by atoms with Crippen LogP contribution in [0.3, 0.4) is 0 Å². The topological polar surface area (TPSA) is 47.6 Å². The molecule has 86 valence electrons. The van der Waals surface area contributed by atoms with Crippen LogP contribution >= 0.6 is 0 Å². The minimum absolute atomic E-state index is 0.110. The molecular formula is C13H18N2O. The summed E-state index contributed by atoms with van der Waals surface area (Å²) in [6.07, 6.45) is 6.52. The summed E-state index contributed by atoms with van der Waals surface area (Å²) in [7, 11) is 0. The fourth-order valence-electron chi connectivity index (χ4n) is 2.43. The number of allylic oxidation sites excluding steroid dienone is 2. The quantitative estimate of drug-likeness (QED) is 0.772. The highest BCUT2D eigenvalue weighted by atomic mass is 16.5. The second-order valence-electron chi connectivity index (χ2n) is 4.57. The molecule has 3 nitrogen and oxygen atoms in total. The van der Waals surface area contributed by atoms with Crippen molar-refractivity contribution >= 4 is 5.87 Å². The number of nitrogens with two attached hydrogens (primary N) is 1. The summed E-state index contributed by atoms with van der Waals surface area (Å²) in [5, 5.41) is 0. The van der Waals surface area contributed by atoms with Crippen molar-refractivity contribution in [3.63, 3.8) is 0 Å². The molecule has 1 unspecified atom stereocenters. The Bertz CT molecular complexity index is 414. The first-order valence-electron chi connectivity index (χ1n) is 5.76. The maximum Gasteiger partial charge on any atom is 0.227 e. The van der Waals surface area contributed by atoms with Crippen molar-refractivity contribution in [2.75, 3.05) is 0 Å². The summed E-state index contributed by atoms with van der Waals surface area (Å²) < 4.78 is 6.01. The molecule has 0 spiro atoms. The van der Waals surface area contributed by atoms with E-state index in [1.165, 1.54) is 0 Å². The van der Waals surface area contributed by atoms with Crippen molar-refractivity contribution < 1.29 is 4.74 Å². The molecule has 0 bridgehead atoms. The normalized spacial score (nSPS) is 31.9. The molecule has 0 amide bonds. The van der Waals surface area contributed by atoms with Gasteiger partial charge in [0.25, 0.3) is 0 Å². The van der Waals surface area contributed by atoms with Crippen molar-refractivity contribution in [1.29, 1.82) is 0 Å². The Labute approximate surface area is 96.4 Å². The second-order valence-corrected chi connectivity index (χ2v) is 4.57. The van der Waals surface area contributed by atoms with Crippen LogP contribution in [0, 0.1) is 5.92 Å². The Morgan fingerprint density at radius 1 is 1.62 bits per heavy atom. The minimum atomic E-state index is -0.322. The summed E-state index contributed by atoms with van der Waals surface area (Å²) in [5.41, 5.74) is 6.97. The zero-order valence-electron chi connectivity index (χ0n) is 10.0. The summed E-state index contributed by atoms with van der Waals surface area (Å²) in [6.45, 7) is 6.38. The van der Waals surface area contributed by atoms with Crippen LogP contribution in [0.5, 0.6) is 0 Å². The zero-order valence-corrected chi connectivity index (χ0v) is 10.0. The average Bonchev–Trinajstić information content (AvgIpc) is 2.42. The van der Waals surface area contributed by atoms with Gasteiger partial charge in [-0.2, -0.15) is 4.99 Å². The Hall–Kier alpha value is -1.31. The molecule has 0 aromatic carbocycles. The molecule has 0 aromatic heterocycles. The van der Waals surface area contributed by atoms with Crippen LogP contribution in [-0.2, 0) is 4.74 Å². The molecule has 2 aliphatic heterocycles. The molecule has 0 fully saturated rings. The van der Waals surface area contributed by atoms with Crippen molar-refractivity contribution in [2.24, 2.45) is 16.6 Å². The SMILES string of the molecule is CCC1(C(C)C)OC2=C(C=CC=C=N2)[C@H]1N. The highest BCUT2D eigenvalue weighted by Crippen LogP contribution is 2.41. The van der Waals surface area contributed by atoms with Crippen LogP contribution in [0.15, 0.2) is 34.7 Å². The van der Waals surface area contributed by atoms with E-state index in [1.54, 1.807) is 6.08 Å². The number of hydrogen-bond donors (Lipinski definition) is 1. The molecule has 0 radical (unpaired) electrons. The molecule has 0 saturated carbocycles. The minimum Gasteiger partial charge on any atom is -0.468 e. The van der Waals surface area contributed by atoms with E-state index in [0.717, 1.165) is 12.0 Å². The predicted octanol–water partition coefficient (Wildman–Crippen LogP) is 2.16. The van der Waals surface area contributed by atoms with Gasteiger partial charge in [-0.3, -0.25) is 0 Å². The Morgan fingerprint density at radius 3 is 3.00 bits per heavy atom. The van der Waals surface area contributed by atoms with E-state index >= 15 is 0 Å². The first-order chi connectivity index (χ1) is 7.62. The van der Waals surface area contributed by atoms with Crippen LogP contribution in [0.1, 0.15) is 27.2 Å². The van der Waals surface area contributed by atoms with E-state index in [4.69, 9.17) is 10.5 Å². The van der Waals surface area contributed by atoms with E-state index < -0.39 is 0 Å². The fourth-order valence-corrected chi connectivity index (χ4v) is 2.43. The smallest absolute Gasteiger partial charge is 0.227 e. The van der Waals surface area contributed by atoms with Crippen molar-refractivity contribution in [2.45, 2.75) is 38.8 Å². The number of hydrogen-bond acceptors (Lipinski definition) is 3. The molecule has 16 heavy (non-hydrogen) atoms. The third kappa shape index (κ3) is 1.44. The van der Waals surface area contributed by atoms with Crippen LogP contribution in [0.2, 0.25) is 0 Å². The third-order valence-electron chi connectivity index (χ3n) is 3.54. The van der Waals surface area contributed by atoms with E-state index in [-0.39, 0.29) is 11.6 Å². The molecule has 2 N–H and O–H groups in total. The van der Waals surface area contributed by atoms with Gasteiger partial charge < -0.3 is 10.5 Å². The molecule has 3 heteroatoms. The zero-order chi connectivity index (χ0) is 11.8. The standard InChI is InChI=1S/C13H18N2O/c1-4-13(9(2)3)11(14)10-7-5-6-8-15-12(10)16-13/h5-7,9,11H,4,14H2,1-3H3/t11-,13?/m1/s1. The van der Waals surface area contributed by atoms with Gasteiger partial charge in [0.2, 0.25) is 5.88 Å². The Balaban J connectivity index is 2.41. The van der Waals surface area contributed by atoms with Gasteiger partial charge >= 0.3 is 0 Å². The van der Waals surface area contributed by atoms with Gasteiger partial charge in [0.15, 0.2) is 0 Å². The lowest BCUT2D eigenvalue weighted by molar-refractivity contribution is -0.0292. The number of nitrogens with zero attached hydrogens (tertiary/aromatic N) is 1. The molecule has 2 atom stereocenters. The molecule has 0 aromatic rings. The molecule has 0 saturated heterocycles. The highest BCUT2D eigenvalue weighted by molar-refractivity contribution is 5.59. The molecular weight excluding hydrogens is 200 g/mol. The lowest BCUT2D eigenvalue weighted by atomic mass is 9.79. The van der Waals surface area contributed by atoms with Gasteiger partial charge in [0.1, 0.15) is 5.60 Å². The first kappa shape index (κ1) is 11.2. The highest BCUT2D eigenvalue weighted by Gasteiger charge is 2.48. The van der Waals surface area contributed by atoms with Gasteiger partial charge in [0, 0.05) is 5.57 Å². The van der Waals surface area contributed by atoms with E-state index in [9.17, 15) is 0 Å². The second kappa shape index (κ2) is 3.93. The van der Waals surface area contributed by atoms with E-state index in [2.05, 4.69) is 31.6 Å². The number of ether oxygens (including phenoxy) is 1. The Morgan fingerprint density at radius 2 is 2.38 bits per heavy atom. The monoisotopic (exact) mass is 218 g/mol. The van der Waals surface area contributed by atoms with Crippen LogP contribution < -0.4 is 5.73 Å². The summed E-state index contributed by atoms with van der Waals surface area (Å²) >= 11 is 0. The van der Waals surface area contributed by atoms with Crippen LogP contribution in [0.4, 0.5) is 0 Å². The average molecular weight is 218 g/mol. The summed E-state index contributed by atoms with van der Waals surface area (Å²) in [5.74, 6) is 3.80. The van der Waals surface area contributed by atoms with Gasteiger partial charge in [-0.15, -0.1) is 0 Å². The first-order valence-corrected chi connectivity index (χ1v) is 5.76. The Kier molecular flexibility index (Phi) is 2.75. The van der Waals surface area contributed by atoms with Crippen molar-refractivity contribution in [1.82, 2.24) is 0 Å². The number of rotatable bonds is 2. The number of aliphatic imine (C=N–C) groups is 1. The van der Waals surface area contributed by atoms with Crippen molar-refractivity contribution in [3.05, 3.63) is 29.7 Å². The van der Waals surface area contributed by atoms with Gasteiger partial charge in [0.05, 0.1) is 6.04 Å². The fraction of sp³-hybridized carbons (Fsp3) is 0.538. The molecule has 2 heterocycles. The van der Waals surface area contributed by atoms with Crippen LogP contribution in [0.25, 0.3) is 0 Å². The maximum atomic E-state index is 6.31. The van der Waals surface area contributed by atoms with Crippen LogP contribution in [-0.4, -0.2) is 17.5 Å². The van der Waals surface area contributed by atoms with Crippen molar-refractivity contribution in [3.8, 4) is 0 Å². The molecule has 2 rings (SSSR count). The third-order valence-corrected chi connectivity index (χ3v) is 3.54. The summed E-state index contributed by atoms with van der Waals surface area (Å²) in [6, 6.07) is -0.110. The van der Waals surface area contributed by atoms with Gasteiger partial charge in [-0.05, 0) is 24.3 Å². The van der Waals surface area contributed by atoms with E-state index in [1.807, 2.05) is 12.2 Å². The predicted molar refractivity (Wildman–Crippen MR) is 65.1 cm³/mol. The molecule has 2 aliphatic rings. The van der Waals surface area contributed by atoms with Gasteiger partial charge in [-0.25, -0.2) is 0 Å².